The van der Waals surface area contributed by atoms with E-state index in [2.05, 4.69) is 36.9 Å². The van der Waals surface area contributed by atoms with Crippen LogP contribution in [0.5, 0.6) is 0 Å². The number of ether oxygens (including phenoxy) is 2. The standard InChI is InChI=1S/C17H25NO2/c1-13-6-7-15(11-14(13)2)18-9-8-16(12-18)20-17-5-3-4-10-19-17/h6-7,11,16-17H,3-5,8-10,12H2,1-2H3. The van der Waals surface area contributed by atoms with Crippen molar-refractivity contribution in [3.8, 4) is 0 Å². The van der Waals surface area contributed by atoms with Crippen LogP contribution in [-0.4, -0.2) is 32.1 Å². The molecule has 20 heavy (non-hydrogen) atoms. The maximum atomic E-state index is 6.09. The Labute approximate surface area is 121 Å². The molecule has 0 aliphatic carbocycles. The topological polar surface area (TPSA) is 21.7 Å². The minimum absolute atomic E-state index is 0.0356. The molecule has 0 spiro atoms. The first-order valence-corrected chi connectivity index (χ1v) is 7.81. The van der Waals surface area contributed by atoms with Crippen LogP contribution in [-0.2, 0) is 9.47 Å². The van der Waals surface area contributed by atoms with Gasteiger partial charge in [0, 0.05) is 25.4 Å². The molecule has 0 radical (unpaired) electrons. The van der Waals surface area contributed by atoms with Crippen molar-refractivity contribution < 1.29 is 9.47 Å². The summed E-state index contributed by atoms with van der Waals surface area (Å²) >= 11 is 0. The summed E-state index contributed by atoms with van der Waals surface area (Å²) in [6.45, 7) is 7.27. The summed E-state index contributed by atoms with van der Waals surface area (Å²) in [6.07, 6.45) is 4.93. The van der Waals surface area contributed by atoms with Gasteiger partial charge in [0.1, 0.15) is 0 Å². The van der Waals surface area contributed by atoms with E-state index >= 15 is 0 Å². The minimum Gasteiger partial charge on any atom is -0.369 e. The number of aryl methyl sites for hydroxylation is 2. The zero-order chi connectivity index (χ0) is 13.9. The number of anilines is 1. The van der Waals surface area contributed by atoms with Gasteiger partial charge in [0.25, 0.3) is 0 Å². The number of hydrogen-bond acceptors (Lipinski definition) is 3. The van der Waals surface area contributed by atoms with Crippen molar-refractivity contribution in [3.63, 3.8) is 0 Å². The highest BCUT2D eigenvalue weighted by Crippen LogP contribution is 2.26. The second-order valence-electron chi connectivity index (χ2n) is 6.06. The molecule has 3 rings (SSSR count). The molecule has 2 saturated heterocycles. The highest BCUT2D eigenvalue weighted by Gasteiger charge is 2.27. The zero-order valence-corrected chi connectivity index (χ0v) is 12.6. The molecule has 3 nitrogen and oxygen atoms in total. The predicted octanol–water partition coefficient (Wildman–Crippen LogP) is 3.43. The van der Waals surface area contributed by atoms with Gasteiger partial charge in [-0.15, -0.1) is 0 Å². The van der Waals surface area contributed by atoms with Crippen LogP contribution in [0.3, 0.4) is 0 Å². The van der Waals surface area contributed by atoms with Crippen molar-refractivity contribution in [1.29, 1.82) is 0 Å². The summed E-state index contributed by atoms with van der Waals surface area (Å²) in [7, 11) is 0. The van der Waals surface area contributed by atoms with Crippen molar-refractivity contribution in [1.82, 2.24) is 0 Å². The average molecular weight is 275 g/mol. The molecule has 1 aromatic rings. The molecule has 0 bridgehead atoms. The third-order valence-corrected chi connectivity index (χ3v) is 4.48. The van der Waals surface area contributed by atoms with E-state index in [0.29, 0.717) is 6.10 Å². The van der Waals surface area contributed by atoms with E-state index in [4.69, 9.17) is 9.47 Å². The predicted molar refractivity (Wildman–Crippen MR) is 81.2 cm³/mol. The van der Waals surface area contributed by atoms with Gasteiger partial charge in [-0.2, -0.15) is 0 Å². The van der Waals surface area contributed by atoms with Gasteiger partial charge < -0.3 is 14.4 Å². The molecule has 2 aliphatic heterocycles. The monoisotopic (exact) mass is 275 g/mol. The van der Waals surface area contributed by atoms with Crippen LogP contribution in [0.15, 0.2) is 18.2 Å². The lowest BCUT2D eigenvalue weighted by Gasteiger charge is -2.26. The van der Waals surface area contributed by atoms with Crippen molar-refractivity contribution in [2.75, 3.05) is 24.6 Å². The Morgan fingerprint density at radius 2 is 2.05 bits per heavy atom. The molecule has 110 valence electrons. The van der Waals surface area contributed by atoms with Gasteiger partial charge in [0.15, 0.2) is 6.29 Å². The number of nitrogens with zero attached hydrogens (tertiary/aromatic N) is 1. The first-order chi connectivity index (χ1) is 9.72. The molecular formula is C17H25NO2. The van der Waals surface area contributed by atoms with Crippen LogP contribution in [0, 0.1) is 13.8 Å². The smallest absolute Gasteiger partial charge is 0.158 e. The summed E-state index contributed by atoms with van der Waals surface area (Å²) in [5, 5.41) is 0. The molecule has 3 heteroatoms. The van der Waals surface area contributed by atoms with E-state index in [9.17, 15) is 0 Å². The lowest BCUT2D eigenvalue weighted by atomic mass is 10.1. The summed E-state index contributed by atoms with van der Waals surface area (Å²) in [4.78, 5) is 2.43. The largest absolute Gasteiger partial charge is 0.369 e. The quantitative estimate of drug-likeness (QED) is 0.843. The van der Waals surface area contributed by atoms with E-state index < -0.39 is 0 Å². The van der Waals surface area contributed by atoms with Gasteiger partial charge >= 0.3 is 0 Å². The van der Waals surface area contributed by atoms with Gasteiger partial charge in [0.2, 0.25) is 0 Å². The Hall–Kier alpha value is -1.06. The summed E-state index contributed by atoms with van der Waals surface area (Å²) in [6, 6.07) is 6.72. The fourth-order valence-corrected chi connectivity index (χ4v) is 3.03. The van der Waals surface area contributed by atoms with Crippen molar-refractivity contribution in [2.24, 2.45) is 0 Å². The molecule has 2 aliphatic rings. The second-order valence-corrected chi connectivity index (χ2v) is 6.06. The molecule has 2 heterocycles. The Bertz CT molecular complexity index is 454. The van der Waals surface area contributed by atoms with Gasteiger partial charge in [0.05, 0.1) is 6.10 Å². The minimum atomic E-state index is 0.0356. The molecule has 2 unspecified atom stereocenters. The van der Waals surface area contributed by atoms with Gasteiger partial charge in [-0.3, -0.25) is 0 Å². The molecule has 0 N–H and O–H groups in total. The third-order valence-electron chi connectivity index (χ3n) is 4.48. The maximum absolute atomic E-state index is 6.09. The first kappa shape index (κ1) is 13.9. The molecule has 2 fully saturated rings. The van der Waals surface area contributed by atoms with Crippen LogP contribution in [0.1, 0.15) is 36.8 Å². The average Bonchev–Trinajstić information content (AvgIpc) is 2.91. The third kappa shape index (κ3) is 3.15. The van der Waals surface area contributed by atoms with Crippen molar-refractivity contribution in [3.05, 3.63) is 29.3 Å². The molecule has 0 saturated carbocycles. The van der Waals surface area contributed by atoms with Crippen LogP contribution in [0.4, 0.5) is 5.69 Å². The fraction of sp³-hybridized carbons (Fsp3) is 0.647. The van der Waals surface area contributed by atoms with E-state index in [-0.39, 0.29) is 6.29 Å². The van der Waals surface area contributed by atoms with E-state index in [1.165, 1.54) is 29.7 Å². The first-order valence-electron chi connectivity index (χ1n) is 7.81. The molecule has 0 aromatic heterocycles. The molecular weight excluding hydrogens is 250 g/mol. The van der Waals surface area contributed by atoms with Gasteiger partial charge in [-0.05, 0) is 62.8 Å². The number of hydrogen-bond donors (Lipinski definition) is 0. The Balaban J connectivity index is 1.57. The second kappa shape index (κ2) is 6.15. The van der Waals surface area contributed by atoms with E-state index in [1.807, 2.05) is 0 Å². The summed E-state index contributed by atoms with van der Waals surface area (Å²) in [5.41, 5.74) is 4.04. The highest BCUT2D eigenvalue weighted by atomic mass is 16.7. The fourth-order valence-electron chi connectivity index (χ4n) is 3.03. The van der Waals surface area contributed by atoms with Crippen LogP contribution in [0.25, 0.3) is 0 Å². The van der Waals surface area contributed by atoms with Gasteiger partial charge in [-0.1, -0.05) is 6.07 Å². The van der Waals surface area contributed by atoms with Crippen LogP contribution >= 0.6 is 0 Å². The summed E-state index contributed by atoms with van der Waals surface area (Å²) < 4.78 is 11.8. The lowest BCUT2D eigenvalue weighted by molar-refractivity contribution is -0.183. The lowest BCUT2D eigenvalue weighted by Crippen LogP contribution is -2.30. The molecule has 2 atom stereocenters. The van der Waals surface area contributed by atoms with E-state index in [1.54, 1.807) is 0 Å². The molecule has 0 amide bonds. The Morgan fingerprint density at radius 3 is 2.80 bits per heavy atom. The Morgan fingerprint density at radius 1 is 1.15 bits per heavy atom. The van der Waals surface area contributed by atoms with Crippen LogP contribution < -0.4 is 4.90 Å². The normalized spacial score (nSPS) is 27.0. The number of benzene rings is 1. The van der Waals surface area contributed by atoms with Crippen molar-refractivity contribution >= 4 is 5.69 Å². The maximum Gasteiger partial charge on any atom is 0.158 e. The van der Waals surface area contributed by atoms with E-state index in [0.717, 1.165) is 32.5 Å². The SMILES string of the molecule is Cc1ccc(N2CCC(OC3CCCCO3)C2)cc1C. The van der Waals surface area contributed by atoms with Crippen molar-refractivity contribution in [2.45, 2.75) is 51.9 Å². The summed E-state index contributed by atoms with van der Waals surface area (Å²) in [5.74, 6) is 0. The highest BCUT2D eigenvalue weighted by molar-refractivity contribution is 5.51. The molecule has 1 aromatic carbocycles. The van der Waals surface area contributed by atoms with Crippen LogP contribution in [0.2, 0.25) is 0 Å². The zero-order valence-electron chi connectivity index (χ0n) is 12.6. The Kier molecular flexibility index (Phi) is 4.27. The van der Waals surface area contributed by atoms with Gasteiger partial charge in [-0.25, -0.2) is 0 Å². The number of rotatable bonds is 3.